The summed E-state index contributed by atoms with van der Waals surface area (Å²) in [5.74, 6) is -0.0176. The van der Waals surface area contributed by atoms with E-state index in [1.165, 1.54) is 0 Å². The lowest BCUT2D eigenvalue weighted by Crippen LogP contribution is -2.38. The molecule has 2 aromatic carbocycles. The molecule has 0 bridgehead atoms. The van der Waals surface area contributed by atoms with Gasteiger partial charge in [-0.25, -0.2) is 9.18 Å². The molecule has 22 heavy (non-hydrogen) atoms. The number of benzene rings is 2. The van der Waals surface area contributed by atoms with Crippen LogP contribution in [0.3, 0.4) is 0 Å². The van der Waals surface area contributed by atoms with Crippen molar-refractivity contribution in [3.8, 4) is 0 Å². The van der Waals surface area contributed by atoms with E-state index in [4.69, 9.17) is 11.6 Å². The van der Waals surface area contributed by atoms with Gasteiger partial charge in [0, 0.05) is 24.0 Å². The Morgan fingerprint density at radius 2 is 1.77 bits per heavy atom. The number of halogens is 2. The second-order valence-corrected chi connectivity index (χ2v) is 5.28. The van der Waals surface area contributed by atoms with Crippen molar-refractivity contribution >= 4 is 17.6 Å². The average molecular weight is 321 g/mol. The molecule has 1 unspecified atom stereocenters. The summed E-state index contributed by atoms with van der Waals surface area (Å²) in [7, 11) is 0. The molecular formula is C17H18ClFN2O. The Morgan fingerprint density at radius 3 is 2.45 bits per heavy atom. The van der Waals surface area contributed by atoms with E-state index >= 15 is 0 Å². The van der Waals surface area contributed by atoms with Crippen molar-refractivity contribution in [3.63, 3.8) is 0 Å². The van der Waals surface area contributed by atoms with Crippen LogP contribution in [0.15, 0.2) is 54.6 Å². The molecule has 116 valence electrons. The first-order chi connectivity index (χ1) is 10.7. The summed E-state index contributed by atoms with van der Waals surface area (Å²) < 4.78 is 12.1. The molecule has 0 aliphatic carbocycles. The molecule has 2 amide bonds. The molecule has 1 atom stereocenters. The molecule has 0 aliphatic rings. The fourth-order valence-corrected chi connectivity index (χ4v) is 2.45. The molecule has 5 heteroatoms. The van der Waals surface area contributed by atoms with Crippen LogP contribution in [0.25, 0.3) is 0 Å². The van der Waals surface area contributed by atoms with Crippen molar-refractivity contribution in [1.29, 1.82) is 0 Å². The maximum Gasteiger partial charge on any atom is 0.314 e. The molecule has 0 saturated carbocycles. The van der Waals surface area contributed by atoms with Gasteiger partial charge in [-0.15, -0.1) is 0 Å². The van der Waals surface area contributed by atoms with Gasteiger partial charge < -0.3 is 10.6 Å². The van der Waals surface area contributed by atoms with Gasteiger partial charge in [0.15, 0.2) is 0 Å². The van der Waals surface area contributed by atoms with E-state index in [-0.39, 0.29) is 18.5 Å². The van der Waals surface area contributed by atoms with Crippen LogP contribution in [0, 0.1) is 0 Å². The number of urea groups is 1. The fourth-order valence-electron chi connectivity index (χ4n) is 2.25. The normalized spacial score (nSPS) is 11.7. The van der Waals surface area contributed by atoms with Gasteiger partial charge in [0.05, 0.1) is 0 Å². The van der Waals surface area contributed by atoms with Gasteiger partial charge in [-0.3, -0.25) is 0 Å². The summed E-state index contributed by atoms with van der Waals surface area (Å²) in [6, 6.07) is 17.1. The van der Waals surface area contributed by atoms with Gasteiger partial charge in [-0.1, -0.05) is 54.1 Å². The maximum absolute atomic E-state index is 12.1. The molecule has 3 nitrogen and oxygen atoms in total. The molecule has 0 heterocycles. The summed E-state index contributed by atoms with van der Waals surface area (Å²) in [5, 5.41) is 5.88. The number of carbonyl (C=O) groups excluding carboxylic acids is 1. The molecule has 0 radical (unpaired) electrons. The predicted molar refractivity (Wildman–Crippen MR) is 87.1 cm³/mol. The first kappa shape index (κ1) is 16.3. The number of nitrogens with one attached hydrogen (secondary N) is 2. The van der Waals surface area contributed by atoms with Crippen LogP contribution in [0.1, 0.15) is 17.0 Å². The zero-order chi connectivity index (χ0) is 15.8. The molecular weight excluding hydrogens is 303 g/mol. The lowest BCUT2D eigenvalue weighted by molar-refractivity contribution is 0.239. The van der Waals surface area contributed by atoms with E-state index in [1.54, 1.807) is 0 Å². The van der Waals surface area contributed by atoms with Crippen molar-refractivity contribution in [2.24, 2.45) is 0 Å². The Hall–Kier alpha value is -2.07. The topological polar surface area (TPSA) is 41.1 Å². The molecule has 2 N–H and O–H groups in total. The number of hydrogen-bond donors (Lipinski definition) is 2. The fraction of sp³-hybridized carbons (Fsp3) is 0.235. The summed E-state index contributed by atoms with van der Waals surface area (Å²) in [6.07, 6.45) is 0. The van der Waals surface area contributed by atoms with Crippen molar-refractivity contribution in [1.82, 2.24) is 10.6 Å². The number of rotatable bonds is 6. The van der Waals surface area contributed by atoms with E-state index < -0.39 is 6.67 Å². The van der Waals surface area contributed by atoms with Crippen LogP contribution >= 0.6 is 11.6 Å². The standard InChI is InChI=1S/C17H18ClFN2O/c18-15-8-4-7-14(11-15)16(13-5-2-1-3-6-13)12-21-17(22)20-10-9-19/h1-8,11,16H,9-10,12H2,(H2,20,21,22). The van der Waals surface area contributed by atoms with Gasteiger partial charge in [0.2, 0.25) is 0 Å². The molecule has 0 saturated heterocycles. The van der Waals surface area contributed by atoms with Gasteiger partial charge in [0.1, 0.15) is 6.67 Å². The largest absolute Gasteiger partial charge is 0.337 e. The quantitative estimate of drug-likeness (QED) is 0.836. The van der Waals surface area contributed by atoms with Crippen molar-refractivity contribution in [3.05, 3.63) is 70.7 Å². The van der Waals surface area contributed by atoms with Gasteiger partial charge in [-0.2, -0.15) is 0 Å². The number of carbonyl (C=O) groups is 1. The average Bonchev–Trinajstić information content (AvgIpc) is 2.54. The predicted octanol–water partition coefficient (Wildman–Crippen LogP) is 3.74. The highest BCUT2D eigenvalue weighted by molar-refractivity contribution is 6.30. The van der Waals surface area contributed by atoms with Gasteiger partial charge in [0.25, 0.3) is 0 Å². The SMILES string of the molecule is O=C(NCCF)NCC(c1ccccc1)c1cccc(Cl)c1. The van der Waals surface area contributed by atoms with Crippen LogP contribution in [0.5, 0.6) is 0 Å². The smallest absolute Gasteiger partial charge is 0.314 e. The Labute approximate surface area is 134 Å². The Kier molecular flexibility index (Phi) is 6.22. The summed E-state index contributed by atoms with van der Waals surface area (Å²) >= 11 is 6.07. The Balaban J connectivity index is 2.14. The first-order valence-corrected chi connectivity index (χ1v) is 7.46. The van der Waals surface area contributed by atoms with Crippen molar-refractivity contribution in [2.75, 3.05) is 19.8 Å². The van der Waals surface area contributed by atoms with Crippen LogP contribution < -0.4 is 10.6 Å². The Bertz CT molecular complexity index is 607. The van der Waals surface area contributed by atoms with E-state index in [9.17, 15) is 9.18 Å². The summed E-state index contributed by atoms with van der Waals surface area (Å²) in [5.41, 5.74) is 2.10. The number of hydrogen-bond acceptors (Lipinski definition) is 1. The minimum Gasteiger partial charge on any atom is -0.337 e. The van der Waals surface area contributed by atoms with Gasteiger partial charge >= 0.3 is 6.03 Å². The van der Waals surface area contributed by atoms with Crippen LogP contribution in [-0.4, -0.2) is 25.8 Å². The zero-order valence-electron chi connectivity index (χ0n) is 12.1. The Morgan fingerprint density at radius 1 is 1.05 bits per heavy atom. The third-order valence-corrected chi connectivity index (χ3v) is 3.53. The minimum absolute atomic E-state index is 0.0129. The highest BCUT2D eigenvalue weighted by Gasteiger charge is 2.15. The minimum atomic E-state index is -0.580. The van der Waals surface area contributed by atoms with E-state index in [0.29, 0.717) is 11.6 Å². The molecule has 0 aliphatic heterocycles. The third-order valence-electron chi connectivity index (χ3n) is 3.30. The molecule has 2 rings (SSSR count). The molecule has 2 aromatic rings. The number of alkyl halides is 1. The van der Waals surface area contributed by atoms with Crippen molar-refractivity contribution < 1.29 is 9.18 Å². The maximum atomic E-state index is 12.1. The highest BCUT2D eigenvalue weighted by Crippen LogP contribution is 2.26. The van der Waals surface area contributed by atoms with E-state index in [1.807, 2.05) is 54.6 Å². The molecule has 0 spiro atoms. The first-order valence-electron chi connectivity index (χ1n) is 7.09. The van der Waals surface area contributed by atoms with Crippen LogP contribution in [0.2, 0.25) is 5.02 Å². The van der Waals surface area contributed by atoms with E-state index in [0.717, 1.165) is 11.1 Å². The van der Waals surface area contributed by atoms with E-state index in [2.05, 4.69) is 10.6 Å². The van der Waals surface area contributed by atoms with Crippen LogP contribution in [-0.2, 0) is 0 Å². The van der Waals surface area contributed by atoms with Crippen molar-refractivity contribution in [2.45, 2.75) is 5.92 Å². The molecule has 0 fully saturated rings. The lowest BCUT2D eigenvalue weighted by atomic mass is 9.91. The highest BCUT2D eigenvalue weighted by atomic mass is 35.5. The lowest BCUT2D eigenvalue weighted by Gasteiger charge is -2.19. The molecule has 0 aromatic heterocycles. The third kappa shape index (κ3) is 4.74. The zero-order valence-corrected chi connectivity index (χ0v) is 12.8. The summed E-state index contributed by atoms with van der Waals surface area (Å²) in [4.78, 5) is 11.6. The van der Waals surface area contributed by atoms with Crippen LogP contribution in [0.4, 0.5) is 9.18 Å². The summed E-state index contributed by atoms with van der Waals surface area (Å²) in [6.45, 7) is -0.161. The second kappa shape index (κ2) is 8.39. The number of amides is 2. The van der Waals surface area contributed by atoms with Gasteiger partial charge in [-0.05, 0) is 23.3 Å². The second-order valence-electron chi connectivity index (χ2n) is 4.84. The monoisotopic (exact) mass is 320 g/mol.